The van der Waals surface area contributed by atoms with Crippen LogP contribution < -0.4 is 15.0 Å². The number of anilines is 2. The molecule has 0 spiro atoms. The highest BCUT2D eigenvalue weighted by Gasteiger charge is 2.22. The summed E-state index contributed by atoms with van der Waals surface area (Å²) in [4.78, 5) is 16.8. The van der Waals surface area contributed by atoms with E-state index in [4.69, 9.17) is 4.74 Å². The van der Waals surface area contributed by atoms with Crippen LogP contribution in [0.25, 0.3) is 0 Å². The Hall–Kier alpha value is -2.69. The van der Waals surface area contributed by atoms with Gasteiger partial charge >= 0.3 is 6.03 Å². The van der Waals surface area contributed by atoms with Crippen molar-refractivity contribution in [3.05, 3.63) is 53.6 Å². The molecule has 1 heterocycles. The maximum Gasteiger partial charge on any atom is 0.322 e. The van der Waals surface area contributed by atoms with Gasteiger partial charge in [-0.2, -0.15) is 0 Å². The third-order valence-electron chi connectivity index (χ3n) is 4.62. The van der Waals surface area contributed by atoms with Crippen LogP contribution in [0.5, 0.6) is 5.75 Å². The van der Waals surface area contributed by atoms with Crippen LogP contribution in [0.1, 0.15) is 11.1 Å². The summed E-state index contributed by atoms with van der Waals surface area (Å²) in [5, 5.41) is 2.98. The standard InChI is InChI=1S/C20H25N3O2/c1-15-8-9-19(25-3)17(14-15)21-20(24)23-12-10-22(11-13-23)18-7-5-4-6-16(18)2/h4-9,14H,10-13H2,1-3H3,(H,21,24). The number of urea groups is 1. The predicted octanol–water partition coefficient (Wildman–Crippen LogP) is 3.67. The van der Waals surface area contributed by atoms with E-state index >= 15 is 0 Å². The summed E-state index contributed by atoms with van der Waals surface area (Å²) in [5.41, 5.74) is 4.32. The first kappa shape index (κ1) is 17.1. The molecule has 0 bridgehead atoms. The molecule has 2 amide bonds. The number of nitrogens with one attached hydrogen (secondary N) is 1. The lowest BCUT2D eigenvalue weighted by molar-refractivity contribution is 0.208. The first-order chi connectivity index (χ1) is 12.1. The molecule has 5 heteroatoms. The van der Waals surface area contributed by atoms with Gasteiger partial charge in [-0.25, -0.2) is 4.79 Å². The lowest BCUT2D eigenvalue weighted by Crippen LogP contribution is -2.50. The molecule has 0 atom stereocenters. The SMILES string of the molecule is COc1ccc(C)cc1NC(=O)N1CCN(c2ccccc2C)CC1. The van der Waals surface area contributed by atoms with E-state index in [-0.39, 0.29) is 6.03 Å². The molecule has 1 aliphatic rings. The van der Waals surface area contributed by atoms with E-state index in [0.717, 1.165) is 18.7 Å². The second kappa shape index (κ2) is 7.47. The van der Waals surface area contributed by atoms with E-state index < -0.39 is 0 Å². The second-order valence-corrected chi connectivity index (χ2v) is 6.39. The number of hydrogen-bond donors (Lipinski definition) is 1. The third kappa shape index (κ3) is 3.87. The van der Waals surface area contributed by atoms with Crippen LogP contribution in [-0.4, -0.2) is 44.2 Å². The molecule has 0 unspecified atom stereocenters. The average molecular weight is 339 g/mol. The zero-order valence-corrected chi connectivity index (χ0v) is 15.1. The number of carbonyl (C=O) groups is 1. The zero-order valence-electron chi connectivity index (χ0n) is 15.1. The van der Waals surface area contributed by atoms with Crippen molar-refractivity contribution in [1.82, 2.24) is 4.90 Å². The molecule has 25 heavy (non-hydrogen) atoms. The first-order valence-corrected chi connectivity index (χ1v) is 8.59. The van der Waals surface area contributed by atoms with Gasteiger partial charge in [0.1, 0.15) is 5.75 Å². The Morgan fingerprint density at radius 1 is 1.04 bits per heavy atom. The highest BCUT2D eigenvalue weighted by molar-refractivity contribution is 5.91. The summed E-state index contributed by atoms with van der Waals surface area (Å²) in [6.45, 7) is 7.20. The Morgan fingerprint density at radius 2 is 1.76 bits per heavy atom. The fourth-order valence-electron chi connectivity index (χ4n) is 3.18. The number of carbonyl (C=O) groups excluding carboxylic acids is 1. The van der Waals surface area contributed by atoms with Gasteiger partial charge in [0.05, 0.1) is 12.8 Å². The Bertz CT molecular complexity index is 752. The molecule has 3 rings (SSSR count). The van der Waals surface area contributed by atoms with Crippen LogP contribution in [0.15, 0.2) is 42.5 Å². The Labute approximate surface area is 149 Å². The molecule has 0 aromatic heterocycles. The van der Waals surface area contributed by atoms with Crippen molar-refractivity contribution in [2.45, 2.75) is 13.8 Å². The monoisotopic (exact) mass is 339 g/mol. The van der Waals surface area contributed by atoms with Crippen molar-refractivity contribution in [1.29, 1.82) is 0 Å². The van der Waals surface area contributed by atoms with Gasteiger partial charge in [-0.1, -0.05) is 24.3 Å². The number of benzene rings is 2. The van der Waals surface area contributed by atoms with E-state index in [1.165, 1.54) is 11.3 Å². The largest absolute Gasteiger partial charge is 0.495 e. The van der Waals surface area contributed by atoms with Crippen molar-refractivity contribution in [2.24, 2.45) is 0 Å². The van der Waals surface area contributed by atoms with Crippen LogP contribution in [0, 0.1) is 13.8 Å². The molecule has 2 aromatic carbocycles. The molecule has 1 aliphatic heterocycles. The normalized spacial score (nSPS) is 14.4. The fourth-order valence-corrected chi connectivity index (χ4v) is 3.18. The van der Waals surface area contributed by atoms with Crippen LogP contribution in [0.2, 0.25) is 0 Å². The minimum atomic E-state index is -0.0756. The number of rotatable bonds is 3. The third-order valence-corrected chi connectivity index (χ3v) is 4.62. The molecule has 0 saturated carbocycles. The molecule has 5 nitrogen and oxygen atoms in total. The van der Waals surface area contributed by atoms with Gasteiger partial charge in [-0.15, -0.1) is 0 Å². The number of nitrogens with zero attached hydrogens (tertiary/aromatic N) is 2. The molecule has 0 radical (unpaired) electrons. The van der Waals surface area contributed by atoms with Crippen molar-refractivity contribution >= 4 is 17.4 Å². The molecular weight excluding hydrogens is 314 g/mol. The van der Waals surface area contributed by atoms with E-state index in [1.807, 2.05) is 30.0 Å². The number of ether oxygens (including phenoxy) is 1. The lowest BCUT2D eigenvalue weighted by Gasteiger charge is -2.36. The van der Waals surface area contributed by atoms with E-state index in [1.54, 1.807) is 7.11 Å². The molecule has 1 saturated heterocycles. The van der Waals surface area contributed by atoms with Gasteiger partial charge in [0, 0.05) is 31.9 Å². The van der Waals surface area contributed by atoms with Crippen molar-refractivity contribution < 1.29 is 9.53 Å². The maximum absolute atomic E-state index is 12.6. The van der Waals surface area contributed by atoms with Gasteiger partial charge in [0.2, 0.25) is 0 Å². The van der Waals surface area contributed by atoms with Crippen molar-refractivity contribution in [2.75, 3.05) is 43.5 Å². The molecule has 132 valence electrons. The first-order valence-electron chi connectivity index (χ1n) is 8.59. The number of amides is 2. The van der Waals surface area contributed by atoms with Gasteiger partial charge in [0.15, 0.2) is 0 Å². The highest BCUT2D eigenvalue weighted by Crippen LogP contribution is 2.26. The lowest BCUT2D eigenvalue weighted by atomic mass is 10.1. The van der Waals surface area contributed by atoms with Crippen LogP contribution in [-0.2, 0) is 0 Å². The smallest absolute Gasteiger partial charge is 0.322 e. The van der Waals surface area contributed by atoms with Gasteiger partial charge in [0.25, 0.3) is 0 Å². The maximum atomic E-state index is 12.6. The zero-order chi connectivity index (χ0) is 17.8. The van der Waals surface area contributed by atoms with Crippen LogP contribution in [0.4, 0.5) is 16.2 Å². The summed E-state index contributed by atoms with van der Waals surface area (Å²) in [5.74, 6) is 0.678. The Kier molecular flexibility index (Phi) is 5.12. The van der Waals surface area contributed by atoms with E-state index in [0.29, 0.717) is 24.5 Å². The summed E-state index contributed by atoms with van der Waals surface area (Å²) in [7, 11) is 1.61. The summed E-state index contributed by atoms with van der Waals surface area (Å²) >= 11 is 0. The fraction of sp³-hybridized carbons (Fsp3) is 0.350. The van der Waals surface area contributed by atoms with E-state index in [9.17, 15) is 4.79 Å². The van der Waals surface area contributed by atoms with Gasteiger partial charge in [-0.3, -0.25) is 0 Å². The number of methoxy groups -OCH3 is 1. The predicted molar refractivity (Wildman–Crippen MR) is 102 cm³/mol. The van der Waals surface area contributed by atoms with Gasteiger partial charge < -0.3 is 19.9 Å². The summed E-state index contributed by atoms with van der Waals surface area (Å²) < 4.78 is 5.34. The number of aryl methyl sites for hydroxylation is 2. The van der Waals surface area contributed by atoms with Crippen LogP contribution >= 0.6 is 0 Å². The Morgan fingerprint density at radius 3 is 2.44 bits per heavy atom. The number of hydrogen-bond acceptors (Lipinski definition) is 3. The number of para-hydroxylation sites is 1. The second-order valence-electron chi connectivity index (χ2n) is 6.39. The summed E-state index contributed by atoms with van der Waals surface area (Å²) in [6.07, 6.45) is 0. The minimum Gasteiger partial charge on any atom is -0.495 e. The van der Waals surface area contributed by atoms with Crippen LogP contribution in [0.3, 0.4) is 0 Å². The topological polar surface area (TPSA) is 44.8 Å². The van der Waals surface area contributed by atoms with E-state index in [2.05, 4.69) is 41.4 Å². The minimum absolute atomic E-state index is 0.0756. The molecule has 1 fully saturated rings. The van der Waals surface area contributed by atoms with Gasteiger partial charge in [-0.05, 0) is 43.2 Å². The Balaban J connectivity index is 1.62. The number of piperazine rings is 1. The summed E-state index contributed by atoms with van der Waals surface area (Å²) in [6, 6.07) is 14.1. The molecular formula is C20H25N3O2. The van der Waals surface area contributed by atoms with Crippen molar-refractivity contribution in [3.8, 4) is 5.75 Å². The quantitative estimate of drug-likeness (QED) is 0.928. The highest BCUT2D eigenvalue weighted by atomic mass is 16.5. The van der Waals surface area contributed by atoms with Crippen molar-refractivity contribution in [3.63, 3.8) is 0 Å². The molecule has 1 N–H and O–H groups in total. The molecule has 2 aromatic rings. The molecule has 0 aliphatic carbocycles. The average Bonchev–Trinajstić information content (AvgIpc) is 2.62.